The van der Waals surface area contributed by atoms with Gasteiger partial charge < -0.3 is 10.0 Å². The second-order valence-corrected chi connectivity index (χ2v) is 5.81. The molecule has 4 nitrogen and oxygen atoms in total. The molecular formula is C14H11F3N2O2S. The SMILES string of the molecule is O=C(O)c1ccc2c(c1)CCN(c1nc(C(F)(F)F)cs1)C2. The maximum atomic E-state index is 12.6. The number of rotatable bonds is 2. The van der Waals surface area contributed by atoms with Crippen LogP contribution in [0.2, 0.25) is 0 Å². The Morgan fingerprint density at radius 2 is 2.09 bits per heavy atom. The molecule has 1 aliphatic rings. The van der Waals surface area contributed by atoms with E-state index in [0.717, 1.165) is 27.8 Å². The number of benzene rings is 1. The summed E-state index contributed by atoms with van der Waals surface area (Å²) in [5.74, 6) is -0.986. The van der Waals surface area contributed by atoms with Crippen LogP contribution in [0, 0.1) is 0 Å². The van der Waals surface area contributed by atoms with Crippen molar-refractivity contribution in [1.29, 1.82) is 0 Å². The molecule has 1 N–H and O–H groups in total. The van der Waals surface area contributed by atoms with Crippen LogP contribution in [-0.4, -0.2) is 22.6 Å². The van der Waals surface area contributed by atoms with E-state index in [1.54, 1.807) is 17.0 Å². The predicted molar refractivity (Wildman–Crippen MR) is 75.3 cm³/mol. The van der Waals surface area contributed by atoms with Gasteiger partial charge in [0.15, 0.2) is 10.8 Å². The van der Waals surface area contributed by atoms with E-state index in [9.17, 15) is 18.0 Å². The third-order valence-electron chi connectivity index (χ3n) is 3.52. The molecule has 0 saturated heterocycles. The highest BCUT2D eigenvalue weighted by Crippen LogP contribution is 2.34. The van der Waals surface area contributed by atoms with Gasteiger partial charge in [-0.3, -0.25) is 0 Å². The van der Waals surface area contributed by atoms with Gasteiger partial charge in [-0.1, -0.05) is 6.07 Å². The van der Waals surface area contributed by atoms with Crippen molar-refractivity contribution in [2.24, 2.45) is 0 Å². The van der Waals surface area contributed by atoms with E-state index in [-0.39, 0.29) is 5.56 Å². The summed E-state index contributed by atoms with van der Waals surface area (Å²) in [5.41, 5.74) is 1.18. The standard InChI is InChI=1S/C14H11F3N2O2S/c15-14(16,17)11-7-22-13(18-11)19-4-3-8-5-9(12(20)21)1-2-10(8)6-19/h1-2,5,7H,3-4,6H2,(H,20,21). The number of thiazole rings is 1. The highest BCUT2D eigenvalue weighted by Gasteiger charge is 2.34. The summed E-state index contributed by atoms with van der Waals surface area (Å²) in [6.07, 6.45) is -3.85. The summed E-state index contributed by atoms with van der Waals surface area (Å²) in [7, 11) is 0. The van der Waals surface area contributed by atoms with E-state index < -0.39 is 17.8 Å². The molecule has 0 unspecified atom stereocenters. The summed E-state index contributed by atoms with van der Waals surface area (Å²) in [4.78, 5) is 16.4. The van der Waals surface area contributed by atoms with E-state index in [2.05, 4.69) is 4.98 Å². The van der Waals surface area contributed by atoms with Gasteiger partial charge in [0.1, 0.15) is 0 Å². The lowest BCUT2D eigenvalue weighted by atomic mass is 9.97. The van der Waals surface area contributed by atoms with Gasteiger partial charge in [-0.25, -0.2) is 9.78 Å². The van der Waals surface area contributed by atoms with E-state index in [4.69, 9.17) is 5.11 Å². The van der Waals surface area contributed by atoms with Gasteiger partial charge in [-0.2, -0.15) is 13.2 Å². The lowest BCUT2D eigenvalue weighted by Gasteiger charge is -2.28. The molecule has 1 aromatic heterocycles. The van der Waals surface area contributed by atoms with Crippen LogP contribution in [0.5, 0.6) is 0 Å². The van der Waals surface area contributed by atoms with Crippen molar-refractivity contribution >= 4 is 22.4 Å². The van der Waals surface area contributed by atoms with Gasteiger partial charge in [0.2, 0.25) is 0 Å². The Kier molecular flexibility index (Phi) is 3.56. The number of halogens is 3. The van der Waals surface area contributed by atoms with Crippen LogP contribution in [0.3, 0.4) is 0 Å². The number of aromatic carboxylic acids is 1. The number of carbonyl (C=O) groups is 1. The van der Waals surface area contributed by atoms with Gasteiger partial charge in [0.25, 0.3) is 0 Å². The Labute approximate surface area is 127 Å². The van der Waals surface area contributed by atoms with Gasteiger partial charge in [-0.15, -0.1) is 11.3 Å². The minimum Gasteiger partial charge on any atom is -0.478 e. The zero-order chi connectivity index (χ0) is 15.9. The molecule has 3 rings (SSSR count). The number of alkyl halides is 3. The molecule has 1 aromatic carbocycles. The van der Waals surface area contributed by atoms with Crippen molar-refractivity contribution in [3.05, 3.63) is 46.0 Å². The van der Waals surface area contributed by atoms with Crippen LogP contribution in [0.25, 0.3) is 0 Å². The molecule has 0 saturated carbocycles. The highest BCUT2D eigenvalue weighted by atomic mass is 32.1. The van der Waals surface area contributed by atoms with Crippen LogP contribution in [0.4, 0.5) is 18.3 Å². The maximum absolute atomic E-state index is 12.6. The average molecular weight is 328 g/mol. The monoisotopic (exact) mass is 328 g/mol. The van der Waals surface area contributed by atoms with E-state index in [1.807, 2.05) is 0 Å². The normalized spacial score (nSPS) is 14.8. The number of anilines is 1. The Balaban J connectivity index is 1.82. The first-order chi connectivity index (χ1) is 10.3. The van der Waals surface area contributed by atoms with Crippen LogP contribution >= 0.6 is 11.3 Å². The molecule has 0 radical (unpaired) electrons. The number of hydrogen-bond donors (Lipinski definition) is 1. The lowest BCUT2D eigenvalue weighted by Crippen LogP contribution is -2.30. The van der Waals surface area contributed by atoms with E-state index >= 15 is 0 Å². The smallest absolute Gasteiger partial charge is 0.434 e. The van der Waals surface area contributed by atoms with E-state index in [1.165, 1.54) is 6.07 Å². The summed E-state index contributed by atoms with van der Waals surface area (Å²) in [6, 6.07) is 4.84. The quantitative estimate of drug-likeness (QED) is 0.918. The predicted octanol–water partition coefficient (Wildman–Crippen LogP) is 3.42. The van der Waals surface area contributed by atoms with E-state index in [0.29, 0.717) is 24.6 Å². The molecule has 2 heterocycles. The fraction of sp³-hybridized carbons (Fsp3) is 0.286. The van der Waals surface area contributed by atoms with Crippen LogP contribution in [-0.2, 0) is 19.1 Å². The molecule has 0 fully saturated rings. The second-order valence-electron chi connectivity index (χ2n) is 4.97. The Morgan fingerprint density at radius 3 is 2.73 bits per heavy atom. The molecule has 0 aliphatic carbocycles. The summed E-state index contributed by atoms with van der Waals surface area (Å²) in [6.45, 7) is 0.945. The number of fused-ring (bicyclic) bond motifs is 1. The maximum Gasteiger partial charge on any atom is 0.434 e. The summed E-state index contributed by atoms with van der Waals surface area (Å²) in [5, 5.41) is 10.3. The first-order valence-electron chi connectivity index (χ1n) is 6.47. The van der Waals surface area contributed by atoms with Crippen molar-refractivity contribution < 1.29 is 23.1 Å². The molecule has 0 spiro atoms. The van der Waals surface area contributed by atoms with Crippen molar-refractivity contribution in [2.75, 3.05) is 11.4 Å². The molecule has 0 bridgehead atoms. The molecule has 8 heteroatoms. The fourth-order valence-electron chi connectivity index (χ4n) is 2.39. The molecule has 22 heavy (non-hydrogen) atoms. The van der Waals surface area contributed by atoms with Crippen molar-refractivity contribution in [2.45, 2.75) is 19.1 Å². The molecule has 0 amide bonds. The van der Waals surface area contributed by atoms with Gasteiger partial charge in [-0.05, 0) is 29.7 Å². The fourth-order valence-corrected chi connectivity index (χ4v) is 3.25. The van der Waals surface area contributed by atoms with Crippen LogP contribution in [0.1, 0.15) is 27.2 Å². The lowest BCUT2D eigenvalue weighted by molar-refractivity contribution is -0.140. The highest BCUT2D eigenvalue weighted by molar-refractivity contribution is 7.13. The van der Waals surface area contributed by atoms with Crippen LogP contribution < -0.4 is 4.90 Å². The number of aromatic nitrogens is 1. The first kappa shape index (κ1) is 14.8. The average Bonchev–Trinajstić information content (AvgIpc) is 2.96. The Bertz CT molecular complexity index is 727. The van der Waals surface area contributed by atoms with Gasteiger partial charge >= 0.3 is 12.1 Å². The van der Waals surface area contributed by atoms with Crippen molar-refractivity contribution in [3.63, 3.8) is 0 Å². The van der Waals surface area contributed by atoms with Gasteiger partial charge in [0, 0.05) is 18.5 Å². The Hall–Kier alpha value is -2.09. The number of nitrogens with zero attached hydrogens (tertiary/aromatic N) is 2. The third-order valence-corrected chi connectivity index (χ3v) is 4.42. The second kappa shape index (κ2) is 5.28. The molecular weight excluding hydrogens is 317 g/mol. The van der Waals surface area contributed by atoms with Gasteiger partial charge in [0.05, 0.1) is 5.56 Å². The molecule has 1 aliphatic heterocycles. The topological polar surface area (TPSA) is 53.4 Å². The largest absolute Gasteiger partial charge is 0.478 e. The van der Waals surface area contributed by atoms with Crippen molar-refractivity contribution in [1.82, 2.24) is 4.98 Å². The third kappa shape index (κ3) is 2.78. The van der Waals surface area contributed by atoms with Crippen LogP contribution in [0.15, 0.2) is 23.6 Å². The Morgan fingerprint density at radius 1 is 1.32 bits per heavy atom. The number of carboxylic acids is 1. The molecule has 2 aromatic rings. The summed E-state index contributed by atoms with van der Waals surface area (Å²) >= 11 is 0.966. The number of carboxylic acid groups (broad SMARTS) is 1. The summed E-state index contributed by atoms with van der Waals surface area (Å²) < 4.78 is 37.8. The molecule has 116 valence electrons. The van der Waals surface area contributed by atoms with Crippen molar-refractivity contribution in [3.8, 4) is 0 Å². The first-order valence-corrected chi connectivity index (χ1v) is 7.35. The minimum atomic E-state index is -4.43. The zero-order valence-electron chi connectivity index (χ0n) is 11.2. The molecule has 0 atom stereocenters. The zero-order valence-corrected chi connectivity index (χ0v) is 12.0. The minimum absolute atomic E-state index is 0.223. The number of hydrogen-bond acceptors (Lipinski definition) is 4.